The summed E-state index contributed by atoms with van der Waals surface area (Å²) in [6.07, 6.45) is -0.557. The minimum atomic E-state index is -4.43. The van der Waals surface area contributed by atoms with Gasteiger partial charge < -0.3 is 10.1 Å². The van der Waals surface area contributed by atoms with Gasteiger partial charge in [-0.1, -0.05) is 44.4 Å². The van der Waals surface area contributed by atoms with Gasteiger partial charge in [0.2, 0.25) is 0 Å². The molecule has 1 aromatic carbocycles. The average molecular weight is 600 g/mol. The van der Waals surface area contributed by atoms with Crippen LogP contribution in [0.1, 0.15) is 62.5 Å². The molecule has 39 heavy (non-hydrogen) atoms. The van der Waals surface area contributed by atoms with E-state index in [1.54, 1.807) is 6.92 Å². The fourth-order valence-electron chi connectivity index (χ4n) is 4.48. The summed E-state index contributed by atoms with van der Waals surface area (Å²) < 4.78 is 88.0. The van der Waals surface area contributed by atoms with Gasteiger partial charge in [0.05, 0.1) is 16.6 Å². The number of nitrogens with one attached hydrogen (secondary N) is 1. The zero-order valence-corrected chi connectivity index (χ0v) is 23.3. The van der Waals surface area contributed by atoms with Crippen molar-refractivity contribution in [3.05, 3.63) is 34.5 Å². The zero-order valence-electron chi connectivity index (χ0n) is 21.7. The second-order valence-electron chi connectivity index (χ2n) is 9.59. The highest BCUT2D eigenvalue weighted by atomic mass is 35.5. The van der Waals surface area contributed by atoms with E-state index in [1.807, 2.05) is 0 Å². The second-order valence-corrected chi connectivity index (χ2v) is 10.1. The average Bonchev–Trinajstić information content (AvgIpc) is 3.19. The van der Waals surface area contributed by atoms with Crippen molar-refractivity contribution in [1.82, 2.24) is 15.1 Å². The van der Waals surface area contributed by atoms with E-state index in [-0.39, 0.29) is 39.8 Å². The van der Waals surface area contributed by atoms with Crippen LogP contribution in [-0.4, -0.2) is 43.4 Å². The monoisotopic (exact) mass is 599 g/mol. The molecule has 0 aliphatic heterocycles. The molecule has 1 atom stereocenters. The number of aromatic nitrogens is 2. The standard InChI is InChI=1S/C25H31ClF5N3O2.O2S/c1-4-34-22(20(26)21(33-34)23(35)32-13-16-7-5-14(2)6-8-16)18-10-9-17(11-15(3)25(29,30)31)12-19(18)36-24(27)28;1-3-2/h9-10,12,14-16,24H,4-8,11,13H2,1-3H3,(H,32,35);/t14?,15-,16?;/m1./s1. The zero-order chi connectivity index (χ0) is 29.3. The summed E-state index contributed by atoms with van der Waals surface area (Å²) >= 11 is 5.78. The molecule has 0 bridgehead atoms. The van der Waals surface area contributed by atoms with Crippen LogP contribution in [0, 0.1) is 17.8 Å². The van der Waals surface area contributed by atoms with Crippen molar-refractivity contribution in [1.29, 1.82) is 0 Å². The summed E-state index contributed by atoms with van der Waals surface area (Å²) in [7, 11) is 0. The first-order chi connectivity index (χ1) is 18.3. The molecule has 1 aliphatic carbocycles. The van der Waals surface area contributed by atoms with E-state index in [0.717, 1.165) is 38.7 Å². The van der Waals surface area contributed by atoms with Crippen molar-refractivity contribution >= 4 is 29.1 Å². The molecule has 1 aromatic heterocycles. The minimum Gasteiger partial charge on any atom is -0.434 e. The summed E-state index contributed by atoms with van der Waals surface area (Å²) in [4.78, 5) is 12.9. The summed E-state index contributed by atoms with van der Waals surface area (Å²) in [6.45, 7) is 2.51. The van der Waals surface area contributed by atoms with Gasteiger partial charge in [-0.3, -0.25) is 9.48 Å². The van der Waals surface area contributed by atoms with Gasteiger partial charge in [0, 0.05) is 18.7 Å². The van der Waals surface area contributed by atoms with Crippen LogP contribution < -0.4 is 10.1 Å². The van der Waals surface area contributed by atoms with E-state index < -0.39 is 42.6 Å². The van der Waals surface area contributed by atoms with Gasteiger partial charge in [0.15, 0.2) is 5.69 Å². The third-order valence-electron chi connectivity index (χ3n) is 6.71. The molecule has 1 amide bonds. The van der Waals surface area contributed by atoms with E-state index >= 15 is 0 Å². The van der Waals surface area contributed by atoms with Crippen LogP contribution in [0.3, 0.4) is 0 Å². The third-order valence-corrected chi connectivity index (χ3v) is 7.07. The number of rotatable bonds is 9. The molecule has 3 rings (SSSR count). The SMILES string of the molecule is CCn1nc(C(=O)NCC2CCC(C)CC2)c(Cl)c1-c1ccc(C[C@@H](C)C(F)(F)F)cc1OC(F)F.O=S=O. The normalized spacial score (nSPS) is 18.2. The molecule has 1 N–H and O–H groups in total. The lowest BCUT2D eigenvalue weighted by Gasteiger charge is -2.26. The molecule has 14 heteroatoms. The maximum absolute atomic E-state index is 13.2. The van der Waals surface area contributed by atoms with Crippen molar-refractivity contribution < 1.29 is 39.9 Å². The lowest BCUT2D eigenvalue weighted by atomic mass is 9.83. The number of benzene rings is 1. The minimum absolute atomic E-state index is 0.0397. The number of carbonyl (C=O) groups excluding carboxylic acids is 1. The first-order valence-electron chi connectivity index (χ1n) is 12.4. The van der Waals surface area contributed by atoms with Crippen molar-refractivity contribution in [2.45, 2.75) is 72.2 Å². The Labute approximate surface area is 232 Å². The van der Waals surface area contributed by atoms with Gasteiger partial charge >= 0.3 is 24.4 Å². The Morgan fingerprint density at radius 1 is 1.23 bits per heavy atom. The summed E-state index contributed by atoms with van der Waals surface area (Å²) in [5.41, 5.74) is 0.424. The fourth-order valence-corrected chi connectivity index (χ4v) is 4.80. The predicted octanol–water partition coefficient (Wildman–Crippen LogP) is 6.45. The second kappa shape index (κ2) is 14.7. The molecule has 7 nitrogen and oxygen atoms in total. The van der Waals surface area contributed by atoms with Gasteiger partial charge in [-0.25, -0.2) is 0 Å². The van der Waals surface area contributed by atoms with Gasteiger partial charge in [-0.15, -0.1) is 0 Å². The molecule has 218 valence electrons. The number of ether oxygens (including phenoxy) is 1. The highest BCUT2D eigenvalue weighted by molar-refractivity contribution is 7.51. The number of aryl methyl sites for hydroxylation is 1. The smallest absolute Gasteiger partial charge is 0.391 e. The number of hydrogen-bond donors (Lipinski definition) is 1. The molecule has 0 saturated heterocycles. The van der Waals surface area contributed by atoms with Gasteiger partial charge in [0.25, 0.3) is 5.91 Å². The topological polar surface area (TPSA) is 90.3 Å². The number of carbonyl (C=O) groups is 1. The van der Waals surface area contributed by atoms with Crippen LogP contribution in [0.2, 0.25) is 5.02 Å². The Balaban J connectivity index is 0.00000170. The highest BCUT2D eigenvalue weighted by Gasteiger charge is 2.36. The molecule has 0 spiro atoms. The van der Waals surface area contributed by atoms with E-state index in [9.17, 15) is 26.7 Å². The molecule has 0 radical (unpaired) electrons. The summed E-state index contributed by atoms with van der Waals surface area (Å²) in [6, 6.07) is 3.93. The molecule has 1 fully saturated rings. The van der Waals surface area contributed by atoms with E-state index in [0.29, 0.717) is 18.4 Å². The van der Waals surface area contributed by atoms with Gasteiger partial charge in [0.1, 0.15) is 5.75 Å². The van der Waals surface area contributed by atoms with E-state index in [2.05, 4.69) is 22.1 Å². The lowest BCUT2D eigenvalue weighted by molar-refractivity contribution is -0.169. The number of hydrogen-bond acceptors (Lipinski definition) is 5. The third kappa shape index (κ3) is 9.26. The largest absolute Gasteiger partial charge is 0.434 e. The fraction of sp³-hybridized carbons (Fsp3) is 0.600. The maximum atomic E-state index is 13.2. The quantitative estimate of drug-likeness (QED) is 0.335. The van der Waals surface area contributed by atoms with Crippen LogP contribution in [0.5, 0.6) is 5.75 Å². The van der Waals surface area contributed by atoms with Crippen LogP contribution >= 0.6 is 11.6 Å². The van der Waals surface area contributed by atoms with E-state index in [4.69, 9.17) is 20.0 Å². The van der Waals surface area contributed by atoms with Gasteiger partial charge in [-0.05, 0) is 55.7 Å². The van der Waals surface area contributed by atoms with Crippen LogP contribution in [0.4, 0.5) is 22.0 Å². The Morgan fingerprint density at radius 2 is 1.85 bits per heavy atom. The number of alkyl halides is 5. The van der Waals surface area contributed by atoms with Gasteiger partial charge in [-0.2, -0.15) is 35.5 Å². The van der Waals surface area contributed by atoms with Crippen LogP contribution in [-0.2, 0) is 24.5 Å². The Kier molecular flexibility index (Phi) is 12.3. The summed E-state index contributed by atoms with van der Waals surface area (Å²) in [5, 5.41) is 7.12. The molecular formula is C25H31ClF5N3O4S. The number of nitrogens with zero attached hydrogens (tertiary/aromatic N) is 2. The van der Waals surface area contributed by atoms with Crippen molar-refractivity contribution in [3.63, 3.8) is 0 Å². The molecule has 1 heterocycles. The first kappa shape index (κ1) is 32.7. The molecule has 1 aliphatic rings. The van der Waals surface area contributed by atoms with Crippen molar-refractivity contribution in [2.24, 2.45) is 17.8 Å². The maximum Gasteiger partial charge on any atom is 0.391 e. The molecular weight excluding hydrogens is 569 g/mol. The molecule has 2 aromatic rings. The van der Waals surface area contributed by atoms with Crippen LogP contribution in [0.15, 0.2) is 18.2 Å². The molecule has 0 unspecified atom stereocenters. The van der Waals surface area contributed by atoms with Crippen LogP contribution in [0.25, 0.3) is 11.3 Å². The molecule has 1 saturated carbocycles. The van der Waals surface area contributed by atoms with Crippen molar-refractivity contribution in [3.8, 4) is 17.0 Å². The number of halogens is 6. The first-order valence-corrected chi connectivity index (χ1v) is 13.5. The lowest BCUT2D eigenvalue weighted by Crippen LogP contribution is -2.31. The number of amides is 1. The highest BCUT2D eigenvalue weighted by Crippen LogP contribution is 2.39. The Morgan fingerprint density at radius 3 is 2.38 bits per heavy atom. The Hall–Kier alpha value is -2.54. The van der Waals surface area contributed by atoms with Crippen molar-refractivity contribution in [2.75, 3.05) is 6.54 Å². The predicted molar refractivity (Wildman–Crippen MR) is 136 cm³/mol. The summed E-state index contributed by atoms with van der Waals surface area (Å²) in [5.74, 6) is -1.43. The Bertz CT molecular complexity index is 1150. The van der Waals surface area contributed by atoms with E-state index in [1.165, 1.54) is 16.8 Å².